The van der Waals surface area contributed by atoms with E-state index in [4.69, 9.17) is 23.2 Å². The van der Waals surface area contributed by atoms with Gasteiger partial charge in [-0.2, -0.15) is 8.73 Å². The SMILES string of the molecule is Cc1cccc(CNc2c(Cl)cc(Cl)c3c2N=S=N3)c1O. The molecule has 0 fully saturated rings. The van der Waals surface area contributed by atoms with E-state index >= 15 is 0 Å². The topological polar surface area (TPSA) is 57.0 Å². The molecule has 2 aromatic carbocycles. The van der Waals surface area contributed by atoms with E-state index in [0.29, 0.717) is 33.7 Å². The van der Waals surface area contributed by atoms with Gasteiger partial charge >= 0.3 is 0 Å². The molecule has 0 radical (unpaired) electrons. The van der Waals surface area contributed by atoms with Gasteiger partial charge < -0.3 is 10.4 Å². The molecule has 0 amide bonds. The highest BCUT2D eigenvalue weighted by atomic mass is 35.5. The van der Waals surface area contributed by atoms with Crippen molar-refractivity contribution in [1.82, 2.24) is 0 Å². The molecule has 21 heavy (non-hydrogen) atoms. The van der Waals surface area contributed by atoms with Crippen molar-refractivity contribution in [2.75, 3.05) is 5.32 Å². The smallest absolute Gasteiger partial charge is 0.130 e. The summed E-state index contributed by atoms with van der Waals surface area (Å²) < 4.78 is 8.39. The average Bonchev–Trinajstić information content (AvgIpc) is 2.92. The number of rotatable bonds is 3. The van der Waals surface area contributed by atoms with Gasteiger partial charge in [-0.1, -0.05) is 41.4 Å². The minimum absolute atomic E-state index is 0.280. The third-order valence-corrected chi connectivity index (χ3v) is 4.34. The number of nitrogens with one attached hydrogen (secondary N) is 1. The number of aryl methyl sites for hydroxylation is 1. The lowest BCUT2D eigenvalue weighted by Gasteiger charge is -2.13. The van der Waals surface area contributed by atoms with E-state index in [1.54, 1.807) is 6.07 Å². The van der Waals surface area contributed by atoms with Crippen LogP contribution in [0.1, 0.15) is 11.1 Å². The number of nitrogens with zero attached hydrogens (tertiary/aromatic N) is 2. The monoisotopic (exact) mass is 339 g/mol. The molecule has 7 heteroatoms. The molecule has 1 aliphatic rings. The Balaban J connectivity index is 1.92. The Bertz CT molecular complexity index is 801. The lowest BCUT2D eigenvalue weighted by molar-refractivity contribution is 0.465. The number of hydrogen-bond donors (Lipinski definition) is 2. The Kier molecular flexibility index (Phi) is 3.89. The van der Waals surface area contributed by atoms with Crippen molar-refractivity contribution < 1.29 is 5.11 Å². The zero-order chi connectivity index (χ0) is 15.0. The van der Waals surface area contributed by atoms with Gasteiger partial charge in [0.2, 0.25) is 0 Å². The van der Waals surface area contributed by atoms with Crippen molar-refractivity contribution in [3.05, 3.63) is 45.4 Å². The summed E-state index contributed by atoms with van der Waals surface area (Å²) in [7, 11) is 0. The van der Waals surface area contributed by atoms with Crippen molar-refractivity contribution in [3.63, 3.8) is 0 Å². The summed E-state index contributed by atoms with van der Waals surface area (Å²) in [5.74, 6) is 0.280. The minimum Gasteiger partial charge on any atom is -0.507 e. The van der Waals surface area contributed by atoms with E-state index in [9.17, 15) is 5.11 Å². The molecule has 0 aliphatic carbocycles. The zero-order valence-electron chi connectivity index (χ0n) is 11.0. The van der Waals surface area contributed by atoms with Crippen molar-refractivity contribution in [1.29, 1.82) is 0 Å². The normalized spacial score (nSPS) is 12.1. The van der Waals surface area contributed by atoms with Gasteiger partial charge in [-0.3, -0.25) is 0 Å². The van der Waals surface area contributed by atoms with E-state index in [2.05, 4.69) is 14.0 Å². The van der Waals surface area contributed by atoms with Gasteiger partial charge in [0.1, 0.15) is 17.1 Å². The first-order chi connectivity index (χ1) is 10.1. The summed E-state index contributed by atoms with van der Waals surface area (Å²) in [6.45, 7) is 2.29. The van der Waals surface area contributed by atoms with Crippen LogP contribution in [0.2, 0.25) is 10.0 Å². The standard InChI is InChI=1S/C14H11Cl2N3OS/c1-7-3-2-4-8(14(7)20)6-17-11-9(15)5-10(16)12-13(11)19-21-18-12/h2-5,17,20H,6H2,1H3. The highest BCUT2D eigenvalue weighted by molar-refractivity contribution is 7.58. The van der Waals surface area contributed by atoms with Crippen LogP contribution in [0.5, 0.6) is 5.75 Å². The second-order valence-electron chi connectivity index (χ2n) is 4.61. The van der Waals surface area contributed by atoms with Crippen LogP contribution < -0.4 is 5.32 Å². The van der Waals surface area contributed by atoms with Crippen LogP contribution in [0, 0.1) is 6.92 Å². The molecular weight excluding hydrogens is 329 g/mol. The maximum absolute atomic E-state index is 10.0. The summed E-state index contributed by atoms with van der Waals surface area (Å²) >= 11 is 13.4. The number of fused-ring (bicyclic) bond motifs is 1. The molecule has 0 unspecified atom stereocenters. The molecule has 0 spiro atoms. The van der Waals surface area contributed by atoms with Gasteiger partial charge in [0, 0.05) is 12.1 Å². The maximum Gasteiger partial charge on any atom is 0.130 e. The Labute approximate surface area is 135 Å². The molecule has 108 valence electrons. The molecule has 4 nitrogen and oxygen atoms in total. The molecule has 1 heterocycles. The van der Waals surface area contributed by atoms with Crippen LogP contribution in [0.25, 0.3) is 0 Å². The van der Waals surface area contributed by atoms with Gasteiger partial charge in [0.05, 0.1) is 27.1 Å². The first-order valence-electron chi connectivity index (χ1n) is 6.19. The van der Waals surface area contributed by atoms with Crippen LogP contribution in [0.15, 0.2) is 33.0 Å². The van der Waals surface area contributed by atoms with Gasteiger partial charge in [-0.05, 0) is 18.6 Å². The zero-order valence-corrected chi connectivity index (χ0v) is 13.4. The van der Waals surface area contributed by atoms with Gasteiger partial charge in [0.15, 0.2) is 0 Å². The Morgan fingerprint density at radius 2 is 1.95 bits per heavy atom. The van der Waals surface area contributed by atoms with Crippen molar-refractivity contribution >= 4 is 51.6 Å². The lowest BCUT2D eigenvalue weighted by atomic mass is 10.1. The molecule has 3 rings (SSSR count). The summed E-state index contributed by atoms with van der Waals surface area (Å²) in [6, 6.07) is 7.26. The summed E-state index contributed by atoms with van der Waals surface area (Å²) in [6.07, 6.45) is 0. The van der Waals surface area contributed by atoms with Crippen LogP contribution in [0.3, 0.4) is 0 Å². The van der Waals surface area contributed by atoms with Crippen molar-refractivity contribution in [3.8, 4) is 5.75 Å². The fourth-order valence-corrected chi connectivity index (χ4v) is 3.27. The highest BCUT2D eigenvalue weighted by Crippen LogP contribution is 2.47. The van der Waals surface area contributed by atoms with Crippen molar-refractivity contribution in [2.24, 2.45) is 8.73 Å². The van der Waals surface area contributed by atoms with E-state index < -0.39 is 0 Å². The Morgan fingerprint density at radius 3 is 2.76 bits per heavy atom. The number of hydrogen-bond acceptors (Lipinski definition) is 4. The number of aromatic hydroxyl groups is 1. The van der Waals surface area contributed by atoms with Crippen molar-refractivity contribution in [2.45, 2.75) is 13.5 Å². The molecule has 0 saturated carbocycles. The molecule has 0 bridgehead atoms. The van der Waals surface area contributed by atoms with Gasteiger partial charge in [-0.25, -0.2) is 0 Å². The summed E-state index contributed by atoms with van der Waals surface area (Å²) in [4.78, 5) is 0. The van der Waals surface area contributed by atoms with E-state index in [1.807, 2.05) is 25.1 Å². The number of phenolic OH excluding ortho intramolecular Hbond substituents is 1. The Morgan fingerprint density at radius 1 is 1.19 bits per heavy atom. The number of benzene rings is 2. The molecule has 2 aromatic rings. The van der Waals surface area contributed by atoms with Crippen LogP contribution in [-0.2, 0) is 17.9 Å². The second kappa shape index (κ2) is 5.67. The first kappa shape index (κ1) is 14.4. The number of anilines is 1. The Hall–Kier alpha value is -1.56. The minimum atomic E-state index is 0.280. The van der Waals surface area contributed by atoms with E-state index in [-0.39, 0.29) is 5.75 Å². The average molecular weight is 340 g/mol. The van der Waals surface area contributed by atoms with Gasteiger partial charge in [0.25, 0.3) is 0 Å². The number of para-hydroxylation sites is 1. The molecule has 0 atom stereocenters. The van der Waals surface area contributed by atoms with Gasteiger partial charge in [-0.15, -0.1) is 0 Å². The van der Waals surface area contributed by atoms with E-state index in [1.165, 1.54) is 0 Å². The van der Waals surface area contributed by atoms with Crippen LogP contribution in [-0.4, -0.2) is 5.11 Å². The fraction of sp³-hybridized carbons (Fsp3) is 0.143. The predicted octanol–water partition coefficient (Wildman–Crippen LogP) is 5.35. The maximum atomic E-state index is 10.0. The number of halogens is 2. The summed E-state index contributed by atoms with van der Waals surface area (Å²) in [5, 5.41) is 14.2. The first-order valence-corrected chi connectivity index (χ1v) is 7.68. The fourth-order valence-electron chi connectivity index (χ4n) is 2.09. The summed E-state index contributed by atoms with van der Waals surface area (Å²) in [5.41, 5.74) is 3.56. The molecule has 0 saturated heterocycles. The van der Waals surface area contributed by atoms with Crippen LogP contribution >= 0.6 is 23.2 Å². The predicted molar refractivity (Wildman–Crippen MR) is 88.2 cm³/mol. The third kappa shape index (κ3) is 2.64. The largest absolute Gasteiger partial charge is 0.507 e. The molecule has 1 aliphatic heterocycles. The molecular formula is C14H11Cl2N3OS. The molecule has 0 aromatic heterocycles. The molecule has 2 N–H and O–H groups in total. The van der Waals surface area contributed by atoms with E-state index in [0.717, 1.165) is 22.5 Å². The van der Waals surface area contributed by atoms with Crippen LogP contribution in [0.4, 0.5) is 17.1 Å². The highest BCUT2D eigenvalue weighted by Gasteiger charge is 2.18. The number of phenols is 1. The lowest BCUT2D eigenvalue weighted by Crippen LogP contribution is -2.01. The second-order valence-corrected chi connectivity index (χ2v) is 5.96. The third-order valence-electron chi connectivity index (χ3n) is 3.22. The quantitative estimate of drug-likeness (QED) is 0.676.